The van der Waals surface area contributed by atoms with E-state index in [1.165, 1.54) is 0 Å². The molecule has 0 aliphatic heterocycles. The average Bonchev–Trinajstić information content (AvgIpc) is 2.04. The molecule has 0 radical (unpaired) electrons. The first-order valence-electron chi connectivity index (χ1n) is 3.82. The number of likely N-dealkylation sites (N-methyl/N-ethyl adjacent to an activating group) is 1. The minimum atomic E-state index is -0.845. The van der Waals surface area contributed by atoms with Crippen molar-refractivity contribution < 1.29 is 14.6 Å². The molecule has 72 valence electrons. The number of ether oxygens (including phenoxy) is 1. The summed E-state index contributed by atoms with van der Waals surface area (Å²) in [5.41, 5.74) is 0. The van der Waals surface area contributed by atoms with Crippen LogP contribution < -0.4 is 10.6 Å². The predicted molar refractivity (Wildman–Crippen MR) is 45.2 cm³/mol. The van der Waals surface area contributed by atoms with Gasteiger partial charge >= 0.3 is 5.97 Å². The first-order chi connectivity index (χ1) is 5.72. The first kappa shape index (κ1) is 11.4. The number of carboxylic acid groups (broad SMARTS) is 1. The van der Waals surface area contributed by atoms with E-state index in [0.717, 1.165) is 0 Å². The molecule has 1 atom stereocenters. The predicted octanol–water partition coefficient (Wildman–Crippen LogP) is -1.10. The Bertz CT molecular complexity index is 130. The van der Waals surface area contributed by atoms with Crippen molar-refractivity contribution in [1.82, 2.24) is 10.6 Å². The molecular weight excluding hydrogens is 160 g/mol. The molecule has 0 saturated carbocycles. The summed E-state index contributed by atoms with van der Waals surface area (Å²) in [4.78, 5) is 10.5. The summed E-state index contributed by atoms with van der Waals surface area (Å²) in [7, 11) is 3.23. The zero-order chi connectivity index (χ0) is 9.40. The van der Waals surface area contributed by atoms with Crippen molar-refractivity contribution >= 4 is 5.97 Å². The number of hydrogen-bond acceptors (Lipinski definition) is 4. The van der Waals surface area contributed by atoms with E-state index in [-0.39, 0.29) is 0 Å². The van der Waals surface area contributed by atoms with Crippen LogP contribution in [0, 0.1) is 0 Å². The lowest BCUT2D eigenvalue weighted by Gasteiger charge is -2.11. The van der Waals surface area contributed by atoms with Crippen LogP contribution in [0.5, 0.6) is 0 Å². The van der Waals surface area contributed by atoms with Crippen molar-refractivity contribution in [3.8, 4) is 0 Å². The second kappa shape index (κ2) is 7.02. The van der Waals surface area contributed by atoms with Crippen molar-refractivity contribution in [2.45, 2.75) is 6.04 Å². The average molecular weight is 176 g/mol. The van der Waals surface area contributed by atoms with Gasteiger partial charge in [-0.2, -0.15) is 0 Å². The van der Waals surface area contributed by atoms with Crippen LogP contribution in [0.2, 0.25) is 0 Å². The smallest absolute Gasteiger partial charge is 0.322 e. The highest BCUT2D eigenvalue weighted by atomic mass is 16.5. The summed E-state index contributed by atoms with van der Waals surface area (Å²) >= 11 is 0. The largest absolute Gasteiger partial charge is 0.480 e. The van der Waals surface area contributed by atoms with Crippen LogP contribution in [0.1, 0.15) is 0 Å². The molecule has 0 aromatic heterocycles. The number of methoxy groups -OCH3 is 1. The molecule has 0 rings (SSSR count). The van der Waals surface area contributed by atoms with Crippen molar-refractivity contribution in [2.24, 2.45) is 0 Å². The van der Waals surface area contributed by atoms with E-state index >= 15 is 0 Å². The summed E-state index contributed by atoms with van der Waals surface area (Å²) in [5, 5.41) is 14.2. The molecule has 1 unspecified atom stereocenters. The van der Waals surface area contributed by atoms with Gasteiger partial charge in [0.2, 0.25) is 0 Å². The molecule has 0 bridgehead atoms. The summed E-state index contributed by atoms with van der Waals surface area (Å²) in [6.07, 6.45) is 0. The number of carboxylic acids is 1. The van der Waals surface area contributed by atoms with Gasteiger partial charge in [-0.3, -0.25) is 4.79 Å². The van der Waals surface area contributed by atoms with E-state index in [2.05, 4.69) is 10.6 Å². The van der Waals surface area contributed by atoms with E-state index in [0.29, 0.717) is 19.7 Å². The van der Waals surface area contributed by atoms with Crippen molar-refractivity contribution in [3.63, 3.8) is 0 Å². The molecule has 12 heavy (non-hydrogen) atoms. The molecule has 0 aromatic carbocycles. The molecule has 0 aliphatic rings. The number of aliphatic carboxylic acids is 1. The Morgan fingerprint density at radius 2 is 2.33 bits per heavy atom. The van der Waals surface area contributed by atoms with Gasteiger partial charge in [0.25, 0.3) is 0 Å². The highest BCUT2D eigenvalue weighted by molar-refractivity contribution is 5.73. The van der Waals surface area contributed by atoms with Crippen LogP contribution in [0.15, 0.2) is 0 Å². The Morgan fingerprint density at radius 3 is 2.75 bits per heavy atom. The summed E-state index contributed by atoms with van der Waals surface area (Å²) in [6, 6.07) is -0.526. The van der Waals surface area contributed by atoms with Gasteiger partial charge < -0.3 is 20.5 Å². The van der Waals surface area contributed by atoms with E-state index < -0.39 is 12.0 Å². The van der Waals surface area contributed by atoms with Gasteiger partial charge in [0.1, 0.15) is 6.04 Å². The quantitative estimate of drug-likeness (QED) is 0.429. The van der Waals surface area contributed by atoms with Gasteiger partial charge in [0, 0.05) is 20.2 Å². The van der Waals surface area contributed by atoms with Gasteiger partial charge in [-0.15, -0.1) is 0 Å². The Balaban J connectivity index is 3.38. The van der Waals surface area contributed by atoms with E-state index in [1.54, 1.807) is 14.2 Å². The SMILES string of the molecule is CNC(CNCCOC)C(=O)O. The summed E-state index contributed by atoms with van der Waals surface area (Å²) < 4.78 is 4.79. The van der Waals surface area contributed by atoms with Crippen molar-refractivity contribution in [2.75, 3.05) is 33.9 Å². The lowest BCUT2D eigenvalue weighted by molar-refractivity contribution is -0.139. The minimum Gasteiger partial charge on any atom is -0.480 e. The summed E-state index contributed by atoms with van der Waals surface area (Å²) in [6.45, 7) is 1.67. The Labute approximate surface area is 72.1 Å². The Morgan fingerprint density at radius 1 is 1.67 bits per heavy atom. The topological polar surface area (TPSA) is 70.6 Å². The molecule has 0 spiro atoms. The van der Waals surface area contributed by atoms with Crippen molar-refractivity contribution in [1.29, 1.82) is 0 Å². The van der Waals surface area contributed by atoms with E-state index in [9.17, 15) is 4.79 Å². The van der Waals surface area contributed by atoms with Gasteiger partial charge in [-0.25, -0.2) is 0 Å². The van der Waals surface area contributed by atoms with Crippen molar-refractivity contribution in [3.05, 3.63) is 0 Å². The molecule has 0 amide bonds. The fraction of sp³-hybridized carbons (Fsp3) is 0.857. The molecular formula is C7H16N2O3. The Kier molecular flexibility index (Phi) is 6.64. The monoisotopic (exact) mass is 176 g/mol. The summed E-state index contributed by atoms with van der Waals surface area (Å²) in [5.74, 6) is -0.845. The van der Waals surface area contributed by atoms with Gasteiger partial charge in [-0.05, 0) is 7.05 Å². The highest BCUT2D eigenvalue weighted by Crippen LogP contribution is 1.79. The van der Waals surface area contributed by atoms with Crippen LogP contribution >= 0.6 is 0 Å². The first-order valence-corrected chi connectivity index (χ1v) is 3.82. The lowest BCUT2D eigenvalue weighted by atomic mass is 10.3. The molecule has 5 heteroatoms. The second-order valence-corrected chi connectivity index (χ2v) is 2.38. The number of carbonyl (C=O) groups is 1. The third-order valence-electron chi connectivity index (χ3n) is 1.48. The zero-order valence-electron chi connectivity index (χ0n) is 7.46. The fourth-order valence-electron chi connectivity index (χ4n) is 0.733. The maximum Gasteiger partial charge on any atom is 0.322 e. The molecule has 5 nitrogen and oxygen atoms in total. The minimum absolute atomic E-state index is 0.412. The standard InChI is InChI=1S/C7H16N2O3/c1-8-6(7(10)11)5-9-3-4-12-2/h6,8-9H,3-5H2,1-2H3,(H,10,11). The fourth-order valence-corrected chi connectivity index (χ4v) is 0.733. The maximum atomic E-state index is 10.5. The van der Waals surface area contributed by atoms with E-state index in [4.69, 9.17) is 9.84 Å². The van der Waals surface area contributed by atoms with Crippen LogP contribution in [-0.2, 0) is 9.53 Å². The number of nitrogens with one attached hydrogen (secondary N) is 2. The third kappa shape index (κ3) is 5.06. The van der Waals surface area contributed by atoms with Gasteiger partial charge in [-0.1, -0.05) is 0 Å². The molecule has 3 N–H and O–H groups in total. The third-order valence-corrected chi connectivity index (χ3v) is 1.48. The number of hydrogen-bond donors (Lipinski definition) is 3. The molecule has 0 aliphatic carbocycles. The van der Waals surface area contributed by atoms with Crippen LogP contribution in [0.3, 0.4) is 0 Å². The molecule has 0 aromatic rings. The Hall–Kier alpha value is -0.650. The van der Waals surface area contributed by atoms with Crippen LogP contribution in [0.4, 0.5) is 0 Å². The highest BCUT2D eigenvalue weighted by Gasteiger charge is 2.12. The zero-order valence-corrected chi connectivity index (χ0v) is 7.46. The molecule has 0 saturated heterocycles. The van der Waals surface area contributed by atoms with E-state index in [1.807, 2.05) is 0 Å². The molecule has 0 fully saturated rings. The van der Waals surface area contributed by atoms with Gasteiger partial charge in [0.15, 0.2) is 0 Å². The van der Waals surface area contributed by atoms with Gasteiger partial charge in [0.05, 0.1) is 6.61 Å². The normalized spacial score (nSPS) is 12.8. The second-order valence-electron chi connectivity index (χ2n) is 2.38. The van der Waals surface area contributed by atoms with Crippen LogP contribution in [0.25, 0.3) is 0 Å². The maximum absolute atomic E-state index is 10.5. The lowest BCUT2D eigenvalue weighted by Crippen LogP contribution is -2.43. The number of rotatable bonds is 7. The molecule has 0 heterocycles. The van der Waals surface area contributed by atoms with Crippen LogP contribution in [-0.4, -0.2) is 51.0 Å².